The Hall–Kier alpha value is -5.40. The summed E-state index contributed by atoms with van der Waals surface area (Å²) >= 11 is 9.15. The first-order valence-corrected chi connectivity index (χ1v) is 29.2. The van der Waals surface area contributed by atoms with Gasteiger partial charge in [0.25, 0.3) is 0 Å². The van der Waals surface area contributed by atoms with E-state index in [1.165, 1.54) is 0 Å². The maximum Gasteiger partial charge on any atom is 0.407 e. The van der Waals surface area contributed by atoms with Crippen LogP contribution in [-0.2, 0) is 18.9 Å². The summed E-state index contributed by atoms with van der Waals surface area (Å²) in [6.45, 7) is 17.8. The number of aromatic nitrogens is 10. The van der Waals surface area contributed by atoms with E-state index in [0.29, 0.717) is 100 Å². The molecular weight excluding hydrogens is 1150 g/mol. The highest BCUT2D eigenvalue weighted by Gasteiger charge is 2.51. The van der Waals surface area contributed by atoms with Crippen molar-refractivity contribution in [3.63, 3.8) is 0 Å². The van der Waals surface area contributed by atoms with Crippen LogP contribution in [0.4, 0.5) is 30.0 Å². The summed E-state index contributed by atoms with van der Waals surface area (Å²) in [5.74, 6) is 1.33. The number of amides is 2. The smallest absolute Gasteiger partial charge is 0.407 e. The molecule has 11 heterocycles. The fraction of sp³-hybridized carbons (Fsp3) is 0.636. The predicted molar refractivity (Wildman–Crippen MR) is 303 cm³/mol. The van der Waals surface area contributed by atoms with Gasteiger partial charge in [0.1, 0.15) is 45.8 Å². The SMILES string of the molecule is Cc1cnc2ccc(-c3nn(C4CCCCO4)c4nc(N5[C@H]6CC[C@@H]5[C@@H](F)[C@@H](NC(=O)OC(C)(C)C)C6)c(C)nc34)c(Cl)c2n1.Cc1nc2c(I)nn(C3CCCCO3)c2nc1N1[C@H]2CC[C@@H]1[C@@H](F)[C@@H](NC(=O)OC(C)(C)C)C2. The Labute approximate surface area is 476 Å². The zero-order chi connectivity index (χ0) is 55.8. The van der Waals surface area contributed by atoms with Gasteiger partial charge in [-0.25, -0.2) is 52.7 Å². The van der Waals surface area contributed by atoms with E-state index in [1.807, 2.05) is 42.3 Å². The van der Waals surface area contributed by atoms with E-state index in [2.05, 4.69) is 58.1 Å². The molecule has 424 valence electrons. The van der Waals surface area contributed by atoms with Crippen molar-refractivity contribution in [2.45, 2.75) is 212 Å². The van der Waals surface area contributed by atoms with Gasteiger partial charge in [-0.1, -0.05) is 11.6 Å². The van der Waals surface area contributed by atoms with Gasteiger partial charge >= 0.3 is 12.2 Å². The third-order valence-corrected chi connectivity index (χ3v) is 16.8. The maximum atomic E-state index is 16.1. The molecule has 0 spiro atoms. The zero-order valence-corrected chi connectivity index (χ0v) is 49.1. The van der Waals surface area contributed by atoms with Gasteiger partial charge in [-0.2, -0.15) is 10.2 Å². The van der Waals surface area contributed by atoms with Crippen LogP contribution >= 0.6 is 34.2 Å². The molecule has 2 amide bonds. The first kappa shape index (κ1) is 55.5. The summed E-state index contributed by atoms with van der Waals surface area (Å²) in [5.41, 5.74) is 6.06. The largest absolute Gasteiger partial charge is 0.444 e. The Morgan fingerprint density at radius 2 is 1.18 bits per heavy atom. The number of hydrogen-bond acceptors (Lipinski definition) is 16. The molecule has 6 aliphatic heterocycles. The average Bonchev–Trinajstić information content (AvgIpc) is 4.25. The molecule has 6 aliphatic rings. The van der Waals surface area contributed by atoms with E-state index in [9.17, 15) is 9.59 Å². The number of nitrogens with one attached hydrogen (secondary N) is 2. The number of ether oxygens (including phenoxy) is 4. The fourth-order valence-corrected chi connectivity index (χ4v) is 13.3. The van der Waals surface area contributed by atoms with Crippen LogP contribution in [0.15, 0.2) is 18.3 Å². The minimum Gasteiger partial charge on any atom is -0.444 e. The van der Waals surface area contributed by atoms with E-state index in [-0.39, 0.29) is 30.6 Å². The highest BCUT2D eigenvalue weighted by molar-refractivity contribution is 14.1. The van der Waals surface area contributed by atoms with Crippen LogP contribution < -0.4 is 20.4 Å². The van der Waals surface area contributed by atoms with Crippen LogP contribution in [-0.4, -0.2) is 135 Å². The second-order valence-corrected chi connectivity index (χ2v) is 25.3. The molecule has 12 rings (SSSR count). The summed E-state index contributed by atoms with van der Waals surface area (Å²) in [5, 5.41) is 15.7. The van der Waals surface area contributed by atoms with Crippen LogP contribution in [0.1, 0.15) is 148 Å². The van der Waals surface area contributed by atoms with E-state index in [0.717, 1.165) is 72.0 Å². The topological polar surface area (TPSA) is 215 Å². The molecule has 24 heteroatoms. The Bertz CT molecular complexity index is 3290. The summed E-state index contributed by atoms with van der Waals surface area (Å²) in [6.07, 6.45) is 7.30. The molecule has 6 saturated heterocycles. The molecule has 6 fully saturated rings. The van der Waals surface area contributed by atoms with Crippen molar-refractivity contribution in [1.29, 1.82) is 0 Å². The number of anilines is 2. The molecule has 2 unspecified atom stereocenters. The van der Waals surface area contributed by atoms with Crippen molar-refractivity contribution >= 4 is 91.4 Å². The van der Waals surface area contributed by atoms with Crippen molar-refractivity contribution in [2.24, 2.45) is 0 Å². The average molecular weight is 1220 g/mol. The molecule has 5 aromatic heterocycles. The van der Waals surface area contributed by atoms with Crippen LogP contribution in [0.3, 0.4) is 0 Å². The molecule has 20 nitrogen and oxygen atoms in total. The van der Waals surface area contributed by atoms with Gasteiger partial charge < -0.3 is 39.4 Å². The highest BCUT2D eigenvalue weighted by Crippen LogP contribution is 2.45. The van der Waals surface area contributed by atoms with Gasteiger partial charge in [0, 0.05) is 37.1 Å². The quantitative estimate of drug-likeness (QED) is 0.142. The van der Waals surface area contributed by atoms with Crippen LogP contribution in [0, 0.1) is 24.5 Å². The summed E-state index contributed by atoms with van der Waals surface area (Å²) in [7, 11) is 0. The van der Waals surface area contributed by atoms with E-state index >= 15 is 8.78 Å². The molecule has 1 aromatic carbocycles. The third kappa shape index (κ3) is 11.1. The Balaban J connectivity index is 0.000000174. The Kier molecular flexibility index (Phi) is 15.3. The number of alkyl halides is 2. The van der Waals surface area contributed by atoms with Crippen molar-refractivity contribution in [1.82, 2.24) is 60.1 Å². The minimum atomic E-state index is -1.30. The number of benzene rings is 1. The maximum absolute atomic E-state index is 16.1. The van der Waals surface area contributed by atoms with Crippen molar-refractivity contribution < 1.29 is 37.3 Å². The van der Waals surface area contributed by atoms with E-state index in [1.54, 1.807) is 47.7 Å². The molecule has 0 saturated carbocycles. The Morgan fingerprint density at radius 3 is 1.68 bits per heavy atom. The van der Waals surface area contributed by atoms with Gasteiger partial charge in [-0.15, -0.1) is 0 Å². The predicted octanol–water partition coefficient (Wildman–Crippen LogP) is 10.8. The van der Waals surface area contributed by atoms with Gasteiger partial charge in [0.2, 0.25) is 0 Å². The molecule has 10 atom stereocenters. The fourth-order valence-electron chi connectivity index (χ4n) is 12.4. The van der Waals surface area contributed by atoms with Gasteiger partial charge in [-0.3, -0.25) is 4.98 Å². The lowest BCUT2D eigenvalue weighted by molar-refractivity contribution is -0.0372. The van der Waals surface area contributed by atoms with Crippen molar-refractivity contribution in [3.05, 3.63) is 44.1 Å². The summed E-state index contributed by atoms with van der Waals surface area (Å²) in [4.78, 5) is 58.1. The highest BCUT2D eigenvalue weighted by atomic mass is 127. The lowest BCUT2D eigenvalue weighted by Gasteiger charge is -2.42. The zero-order valence-electron chi connectivity index (χ0n) is 46.2. The van der Waals surface area contributed by atoms with Gasteiger partial charge in [0.05, 0.1) is 51.8 Å². The molecule has 79 heavy (non-hydrogen) atoms. The number of halogens is 4. The number of hydrogen-bond donors (Lipinski definition) is 2. The minimum absolute atomic E-state index is 0.00842. The number of carbonyl (C=O) groups is 2. The van der Waals surface area contributed by atoms with E-state index in [4.69, 9.17) is 55.6 Å². The molecule has 2 N–H and O–H groups in total. The van der Waals surface area contributed by atoms with Crippen LogP contribution in [0.2, 0.25) is 5.02 Å². The second-order valence-electron chi connectivity index (χ2n) is 23.9. The number of fused-ring (bicyclic) bond motifs is 7. The monoisotopic (exact) mass is 1220 g/mol. The number of rotatable bonds is 7. The van der Waals surface area contributed by atoms with Crippen molar-refractivity contribution in [3.8, 4) is 11.3 Å². The summed E-state index contributed by atoms with van der Waals surface area (Å²) in [6, 6.07) is 1.80. The lowest BCUT2D eigenvalue weighted by Crippen LogP contribution is -2.58. The first-order valence-electron chi connectivity index (χ1n) is 27.8. The number of nitrogens with zero attached hydrogens (tertiary/aromatic N) is 12. The van der Waals surface area contributed by atoms with Crippen LogP contribution in [0.25, 0.3) is 44.6 Å². The van der Waals surface area contributed by atoms with Gasteiger partial charge in [0.15, 0.2) is 39.1 Å². The van der Waals surface area contributed by atoms with Crippen LogP contribution in [0.5, 0.6) is 0 Å². The molecular formula is C55H70ClF2IN14O6. The molecule has 0 aliphatic carbocycles. The number of aryl methyl sites for hydroxylation is 3. The normalized spacial score (nSPS) is 27.1. The molecule has 6 aromatic rings. The molecule has 4 bridgehead atoms. The number of carbonyl (C=O) groups excluding carboxylic acids is 2. The van der Waals surface area contributed by atoms with Crippen molar-refractivity contribution in [2.75, 3.05) is 23.0 Å². The second kappa shape index (κ2) is 21.8. The van der Waals surface area contributed by atoms with E-state index < -0.39 is 53.9 Å². The molecule has 0 radical (unpaired) electrons. The first-order chi connectivity index (χ1) is 37.6. The number of piperidine rings is 2. The third-order valence-electron chi connectivity index (χ3n) is 15.7. The lowest BCUT2D eigenvalue weighted by atomic mass is 9.95. The standard InChI is InChI=1S/C32H38ClFN8O3.C23H32FIN6O3/c1-16-15-35-20-11-10-19(24(33)27(20)36-16)26-28-30(42(40-26)23-8-6-7-13-44-23)39-29(17(2)37-28)41-18-9-12-22(41)25(34)21(14-18)38-31(43)45-32(3,4)5;1-12-20(28-21-18(26-12)19(25)29-31(21)16-7-5-6-10-33-16)30-13-8-9-15(30)17(24)14(11-13)27-22(32)34-23(2,3)4/h10-11,15,18,21-23,25H,6-9,12-14H2,1-5H3,(H,38,43);13-17H,5-11H2,1-4H3,(H,27,32)/t18-,21-,22+,23?,25-;13-,14-,15+,16?,17-/m00/s1. The number of alkyl carbamates (subject to hydrolysis) is 2. The Morgan fingerprint density at radius 1 is 0.671 bits per heavy atom. The summed E-state index contributed by atoms with van der Waals surface area (Å²) < 4.78 is 59.1. The van der Waals surface area contributed by atoms with Gasteiger partial charge in [-0.05, 0) is 174 Å².